The fraction of sp³-hybridized carbons (Fsp3) is 0.0714. The van der Waals surface area contributed by atoms with E-state index in [0.29, 0.717) is 23.1 Å². The van der Waals surface area contributed by atoms with Crippen LogP contribution in [-0.4, -0.2) is 20.2 Å². The summed E-state index contributed by atoms with van der Waals surface area (Å²) < 4.78 is 0. The van der Waals surface area contributed by atoms with Crippen LogP contribution < -0.4 is 5.73 Å². The highest BCUT2D eigenvalue weighted by Crippen LogP contribution is 2.16. The summed E-state index contributed by atoms with van der Waals surface area (Å²) in [7, 11) is 0. The SMILES string of the molecule is Nc1cccc(-c2nnn(Cc3ccc(Cl)cc3)n2)c1. The minimum absolute atomic E-state index is 0.548. The summed E-state index contributed by atoms with van der Waals surface area (Å²) in [6.45, 7) is 0.548. The molecular formula is C14H12ClN5. The van der Waals surface area contributed by atoms with Gasteiger partial charge in [0, 0.05) is 16.3 Å². The van der Waals surface area contributed by atoms with Crippen molar-refractivity contribution in [3.63, 3.8) is 0 Å². The van der Waals surface area contributed by atoms with Gasteiger partial charge in [-0.3, -0.25) is 0 Å². The van der Waals surface area contributed by atoms with Gasteiger partial charge in [-0.1, -0.05) is 35.9 Å². The molecule has 0 spiro atoms. The highest BCUT2D eigenvalue weighted by atomic mass is 35.5. The number of hydrogen-bond acceptors (Lipinski definition) is 4. The van der Waals surface area contributed by atoms with Crippen LogP contribution in [0, 0.1) is 0 Å². The normalized spacial score (nSPS) is 10.7. The summed E-state index contributed by atoms with van der Waals surface area (Å²) in [5.74, 6) is 0.561. The number of nitrogen functional groups attached to an aromatic ring is 1. The maximum Gasteiger partial charge on any atom is 0.205 e. The minimum atomic E-state index is 0.548. The topological polar surface area (TPSA) is 69.6 Å². The van der Waals surface area contributed by atoms with E-state index in [1.807, 2.05) is 48.5 Å². The summed E-state index contributed by atoms with van der Waals surface area (Å²) in [6, 6.07) is 15.0. The second kappa shape index (κ2) is 5.30. The van der Waals surface area contributed by atoms with E-state index in [9.17, 15) is 0 Å². The monoisotopic (exact) mass is 285 g/mol. The van der Waals surface area contributed by atoms with Crippen molar-refractivity contribution in [2.75, 3.05) is 5.73 Å². The number of anilines is 1. The van der Waals surface area contributed by atoms with Gasteiger partial charge < -0.3 is 5.73 Å². The van der Waals surface area contributed by atoms with Gasteiger partial charge >= 0.3 is 0 Å². The van der Waals surface area contributed by atoms with Crippen LogP contribution in [0.4, 0.5) is 5.69 Å². The fourth-order valence-corrected chi connectivity index (χ4v) is 1.98. The lowest BCUT2D eigenvalue weighted by Crippen LogP contribution is -2.03. The molecule has 0 atom stereocenters. The highest BCUT2D eigenvalue weighted by Gasteiger charge is 2.06. The molecule has 20 heavy (non-hydrogen) atoms. The van der Waals surface area contributed by atoms with E-state index in [4.69, 9.17) is 17.3 Å². The molecule has 0 aliphatic heterocycles. The average molecular weight is 286 g/mol. The minimum Gasteiger partial charge on any atom is -0.399 e. The zero-order valence-electron chi connectivity index (χ0n) is 10.6. The van der Waals surface area contributed by atoms with Gasteiger partial charge in [0.1, 0.15) is 0 Å². The first-order valence-electron chi connectivity index (χ1n) is 6.09. The molecule has 1 aromatic heterocycles. The van der Waals surface area contributed by atoms with Gasteiger partial charge in [0.2, 0.25) is 5.82 Å². The first kappa shape index (κ1) is 12.6. The van der Waals surface area contributed by atoms with Gasteiger partial charge in [0.05, 0.1) is 6.54 Å². The molecule has 0 aliphatic carbocycles. The zero-order valence-corrected chi connectivity index (χ0v) is 11.3. The smallest absolute Gasteiger partial charge is 0.205 e. The molecule has 0 aliphatic rings. The van der Waals surface area contributed by atoms with Crippen molar-refractivity contribution in [2.24, 2.45) is 0 Å². The second-order valence-corrected chi connectivity index (χ2v) is 4.83. The maximum absolute atomic E-state index is 5.85. The summed E-state index contributed by atoms with van der Waals surface area (Å²) in [5, 5.41) is 13.1. The van der Waals surface area contributed by atoms with E-state index >= 15 is 0 Å². The second-order valence-electron chi connectivity index (χ2n) is 4.40. The molecule has 0 fully saturated rings. The Kier molecular flexibility index (Phi) is 3.35. The van der Waals surface area contributed by atoms with Crippen LogP contribution in [0.5, 0.6) is 0 Å². The van der Waals surface area contributed by atoms with Crippen LogP contribution in [0.1, 0.15) is 5.56 Å². The van der Waals surface area contributed by atoms with Crippen LogP contribution >= 0.6 is 11.6 Å². The molecule has 2 N–H and O–H groups in total. The standard InChI is InChI=1S/C14H12ClN5/c15-12-6-4-10(5-7-12)9-20-18-14(17-19-20)11-2-1-3-13(16)8-11/h1-8H,9,16H2. The lowest BCUT2D eigenvalue weighted by atomic mass is 10.2. The largest absolute Gasteiger partial charge is 0.399 e. The lowest BCUT2D eigenvalue weighted by Gasteiger charge is -1.99. The molecule has 0 amide bonds. The number of rotatable bonds is 3. The molecule has 0 unspecified atom stereocenters. The first-order chi connectivity index (χ1) is 9.70. The Bertz CT molecular complexity index is 720. The summed E-state index contributed by atoms with van der Waals surface area (Å²) >= 11 is 5.85. The summed E-state index contributed by atoms with van der Waals surface area (Å²) in [5.41, 5.74) is 8.34. The van der Waals surface area contributed by atoms with Crippen molar-refractivity contribution in [2.45, 2.75) is 6.54 Å². The van der Waals surface area contributed by atoms with Crippen molar-refractivity contribution in [1.82, 2.24) is 20.2 Å². The van der Waals surface area contributed by atoms with Gasteiger partial charge in [-0.15, -0.1) is 10.2 Å². The molecular weight excluding hydrogens is 274 g/mol. The Morgan fingerprint density at radius 1 is 1.10 bits per heavy atom. The number of aromatic nitrogens is 4. The third-order valence-electron chi connectivity index (χ3n) is 2.83. The molecule has 6 heteroatoms. The predicted molar refractivity (Wildman–Crippen MR) is 78.2 cm³/mol. The van der Waals surface area contributed by atoms with Crippen molar-refractivity contribution < 1.29 is 0 Å². The van der Waals surface area contributed by atoms with Gasteiger partial charge in [0.15, 0.2) is 0 Å². The molecule has 0 bridgehead atoms. The molecule has 5 nitrogen and oxygen atoms in total. The lowest BCUT2D eigenvalue weighted by molar-refractivity contribution is 0.573. The number of nitrogens with two attached hydrogens (primary N) is 1. The van der Waals surface area contributed by atoms with Gasteiger partial charge in [-0.25, -0.2) is 0 Å². The van der Waals surface area contributed by atoms with Crippen LogP contribution in [0.25, 0.3) is 11.4 Å². The molecule has 3 aromatic rings. The zero-order chi connectivity index (χ0) is 13.9. The van der Waals surface area contributed by atoms with Crippen LogP contribution in [-0.2, 0) is 6.54 Å². The van der Waals surface area contributed by atoms with Crippen LogP contribution in [0.2, 0.25) is 5.02 Å². The number of tetrazole rings is 1. The average Bonchev–Trinajstić information content (AvgIpc) is 2.90. The van der Waals surface area contributed by atoms with Gasteiger partial charge in [-0.05, 0) is 35.0 Å². The quantitative estimate of drug-likeness (QED) is 0.751. The summed E-state index contributed by atoms with van der Waals surface area (Å²) in [4.78, 5) is 1.54. The van der Waals surface area contributed by atoms with Crippen molar-refractivity contribution in [3.8, 4) is 11.4 Å². The number of nitrogens with zero attached hydrogens (tertiary/aromatic N) is 4. The molecule has 0 radical (unpaired) electrons. The fourth-order valence-electron chi connectivity index (χ4n) is 1.86. The third kappa shape index (κ3) is 2.78. The van der Waals surface area contributed by atoms with E-state index in [1.165, 1.54) is 0 Å². The Hall–Kier alpha value is -2.40. The molecule has 1 heterocycles. The number of halogens is 1. The van der Waals surface area contributed by atoms with E-state index < -0.39 is 0 Å². The molecule has 2 aromatic carbocycles. The molecule has 0 saturated carbocycles. The Labute approximate surface area is 121 Å². The molecule has 0 saturated heterocycles. The first-order valence-corrected chi connectivity index (χ1v) is 6.47. The van der Waals surface area contributed by atoms with Crippen LogP contribution in [0.3, 0.4) is 0 Å². The number of benzene rings is 2. The van der Waals surface area contributed by atoms with Gasteiger partial charge in [0.25, 0.3) is 0 Å². The van der Waals surface area contributed by atoms with E-state index in [1.54, 1.807) is 4.80 Å². The van der Waals surface area contributed by atoms with Crippen molar-refractivity contribution in [3.05, 3.63) is 59.1 Å². The van der Waals surface area contributed by atoms with Gasteiger partial charge in [-0.2, -0.15) is 4.80 Å². The Morgan fingerprint density at radius 3 is 2.65 bits per heavy atom. The summed E-state index contributed by atoms with van der Waals surface area (Å²) in [6.07, 6.45) is 0. The van der Waals surface area contributed by atoms with Crippen molar-refractivity contribution in [1.29, 1.82) is 0 Å². The van der Waals surface area contributed by atoms with E-state index in [0.717, 1.165) is 11.1 Å². The van der Waals surface area contributed by atoms with Crippen LogP contribution in [0.15, 0.2) is 48.5 Å². The molecule has 100 valence electrons. The number of hydrogen-bond donors (Lipinski definition) is 1. The van der Waals surface area contributed by atoms with E-state index in [-0.39, 0.29) is 0 Å². The molecule has 3 rings (SSSR count). The Balaban J connectivity index is 1.82. The third-order valence-corrected chi connectivity index (χ3v) is 3.09. The van der Waals surface area contributed by atoms with Crippen molar-refractivity contribution >= 4 is 17.3 Å². The Morgan fingerprint density at radius 2 is 1.90 bits per heavy atom. The highest BCUT2D eigenvalue weighted by molar-refractivity contribution is 6.30. The predicted octanol–water partition coefficient (Wildman–Crippen LogP) is 2.62. The van der Waals surface area contributed by atoms with E-state index in [2.05, 4.69) is 15.4 Å². The maximum atomic E-state index is 5.85.